The number of amides is 2. The summed E-state index contributed by atoms with van der Waals surface area (Å²) in [5.74, 6) is 1.29. The molecule has 2 aromatic rings. The number of rotatable bonds is 9. The van der Waals surface area contributed by atoms with Gasteiger partial charge in [-0.05, 0) is 37.3 Å². The molecule has 0 heterocycles. The van der Waals surface area contributed by atoms with Crippen molar-refractivity contribution in [3.05, 3.63) is 53.6 Å². The Labute approximate surface area is 165 Å². The van der Waals surface area contributed by atoms with Gasteiger partial charge in [0.1, 0.15) is 11.5 Å². The molecule has 152 valence electrons. The molecular formula is C19H25N3O5S. The Kier molecular flexibility index (Phi) is 7.65. The van der Waals surface area contributed by atoms with Crippen LogP contribution in [0.5, 0.6) is 11.5 Å². The van der Waals surface area contributed by atoms with Crippen molar-refractivity contribution in [1.82, 2.24) is 15.4 Å². The topological polar surface area (TPSA) is 106 Å². The van der Waals surface area contributed by atoms with Gasteiger partial charge in [-0.1, -0.05) is 17.7 Å². The first-order valence-corrected chi connectivity index (χ1v) is 10.1. The Bertz CT molecular complexity index is 898. The third-order valence-electron chi connectivity index (χ3n) is 3.96. The lowest BCUT2D eigenvalue weighted by Crippen LogP contribution is -2.40. The third-order valence-corrected chi connectivity index (χ3v) is 5.44. The van der Waals surface area contributed by atoms with E-state index >= 15 is 0 Å². The number of carbonyl (C=O) groups is 1. The molecule has 0 aromatic heterocycles. The Hall–Kier alpha value is -2.78. The molecule has 0 aliphatic rings. The van der Waals surface area contributed by atoms with Gasteiger partial charge in [-0.3, -0.25) is 0 Å². The summed E-state index contributed by atoms with van der Waals surface area (Å²) >= 11 is 0. The molecule has 0 atom stereocenters. The Morgan fingerprint density at radius 2 is 1.68 bits per heavy atom. The van der Waals surface area contributed by atoms with Gasteiger partial charge in [0.25, 0.3) is 0 Å². The average molecular weight is 407 g/mol. The van der Waals surface area contributed by atoms with Gasteiger partial charge in [0.15, 0.2) is 0 Å². The van der Waals surface area contributed by atoms with Gasteiger partial charge in [0.2, 0.25) is 10.0 Å². The van der Waals surface area contributed by atoms with Crippen molar-refractivity contribution in [2.75, 3.05) is 27.3 Å². The summed E-state index contributed by atoms with van der Waals surface area (Å²) in [6, 6.07) is 11.4. The van der Waals surface area contributed by atoms with E-state index in [2.05, 4.69) is 15.4 Å². The van der Waals surface area contributed by atoms with Crippen LogP contribution in [0, 0.1) is 6.92 Å². The Morgan fingerprint density at radius 1 is 0.964 bits per heavy atom. The molecule has 0 unspecified atom stereocenters. The van der Waals surface area contributed by atoms with Crippen LogP contribution in [0.4, 0.5) is 4.79 Å². The summed E-state index contributed by atoms with van der Waals surface area (Å²) in [7, 11) is -0.493. The standard InChI is InChI=1S/C19H25N3O5S/c1-14-4-7-17(8-5-14)28(24,25)22-11-10-20-19(23)21-13-15-12-16(26-2)6-9-18(15)27-3/h4-9,12,22H,10-11,13H2,1-3H3,(H2,20,21,23). The van der Waals surface area contributed by atoms with Crippen LogP contribution in [0.1, 0.15) is 11.1 Å². The first-order valence-electron chi connectivity index (χ1n) is 8.64. The zero-order valence-electron chi connectivity index (χ0n) is 16.1. The van der Waals surface area contributed by atoms with E-state index in [0.717, 1.165) is 11.1 Å². The molecule has 2 rings (SSSR count). The van der Waals surface area contributed by atoms with Crippen molar-refractivity contribution in [2.24, 2.45) is 0 Å². The van der Waals surface area contributed by atoms with Gasteiger partial charge in [-0.15, -0.1) is 0 Å². The predicted molar refractivity (Wildman–Crippen MR) is 106 cm³/mol. The van der Waals surface area contributed by atoms with Crippen LogP contribution in [0.15, 0.2) is 47.4 Å². The van der Waals surface area contributed by atoms with Gasteiger partial charge in [-0.25, -0.2) is 17.9 Å². The molecule has 0 fully saturated rings. The number of urea groups is 1. The van der Waals surface area contributed by atoms with Gasteiger partial charge < -0.3 is 20.1 Å². The number of methoxy groups -OCH3 is 2. The van der Waals surface area contributed by atoms with Crippen molar-refractivity contribution in [3.63, 3.8) is 0 Å². The molecule has 0 spiro atoms. The summed E-state index contributed by atoms with van der Waals surface area (Å²) in [5.41, 5.74) is 1.74. The van der Waals surface area contributed by atoms with E-state index in [4.69, 9.17) is 9.47 Å². The molecule has 8 nitrogen and oxygen atoms in total. The van der Waals surface area contributed by atoms with Crippen LogP contribution >= 0.6 is 0 Å². The zero-order chi connectivity index (χ0) is 20.6. The molecule has 28 heavy (non-hydrogen) atoms. The lowest BCUT2D eigenvalue weighted by Gasteiger charge is -2.12. The monoisotopic (exact) mass is 407 g/mol. The van der Waals surface area contributed by atoms with Crippen molar-refractivity contribution in [1.29, 1.82) is 0 Å². The highest BCUT2D eigenvalue weighted by Gasteiger charge is 2.13. The Balaban J connectivity index is 1.78. The molecule has 2 amide bonds. The third kappa shape index (κ3) is 6.14. The van der Waals surface area contributed by atoms with Crippen LogP contribution in [-0.4, -0.2) is 41.8 Å². The minimum Gasteiger partial charge on any atom is -0.497 e. The number of ether oxygens (including phenoxy) is 2. The summed E-state index contributed by atoms with van der Waals surface area (Å²) in [5, 5.41) is 5.30. The van der Waals surface area contributed by atoms with Crippen molar-refractivity contribution < 1.29 is 22.7 Å². The molecule has 2 aromatic carbocycles. The second-order valence-electron chi connectivity index (χ2n) is 6.00. The maximum atomic E-state index is 12.2. The molecule has 3 N–H and O–H groups in total. The minimum absolute atomic E-state index is 0.0755. The number of sulfonamides is 1. The van der Waals surface area contributed by atoms with Gasteiger partial charge in [-0.2, -0.15) is 0 Å². The second kappa shape index (κ2) is 9.95. The molecule has 0 saturated heterocycles. The lowest BCUT2D eigenvalue weighted by atomic mass is 10.2. The summed E-state index contributed by atoms with van der Waals surface area (Å²) in [4.78, 5) is 12.1. The SMILES string of the molecule is COc1ccc(OC)c(CNC(=O)NCCNS(=O)(=O)c2ccc(C)cc2)c1. The quantitative estimate of drug-likeness (QED) is 0.550. The fraction of sp³-hybridized carbons (Fsp3) is 0.316. The average Bonchev–Trinajstić information content (AvgIpc) is 2.69. The highest BCUT2D eigenvalue weighted by atomic mass is 32.2. The number of aryl methyl sites for hydroxylation is 1. The largest absolute Gasteiger partial charge is 0.497 e. The van der Waals surface area contributed by atoms with Crippen LogP contribution in [0.3, 0.4) is 0 Å². The maximum Gasteiger partial charge on any atom is 0.315 e. The molecule has 0 aliphatic heterocycles. The van der Waals surface area contributed by atoms with Crippen molar-refractivity contribution >= 4 is 16.1 Å². The second-order valence-corrected chi connectivity index (χ2v) is 7.77. The maximum absolute atomic E-state index is 12.2. The van der Waals surface area contributed by atoms with Crippen LogP contribution < -0.4 is 24.8 Å². The van der Waals surface area contributed by atoms with Crippen molar-refractivity contribution in [2.45, 2.75) is 18.4 Å². The van der Waals surface area contributed by atoms with Crippen LogP contribution in [0.2, 0.25) is 0 Å². The number of benzene rings is 2. The first kappa shape index (κ1) is 21.5. The molecular weight excluding hydrogens is 382 g/mol. The van der Waals surface area contributed by atoms with Gasteiger partial charge in [0.05, 0.1) is 19.1 Å². The normalized spacial score (nSPS) is 11.0. The predicted octanol–water partition coefficient (Wildman–Crippen LogP) is 1.79. The van der Waals surface area contributed by atoms with E-state index in [1.165, 1.54) is 0 Å². The van der Waals surface area contributed by atoms with E-state index in [1.54, 1.807) is 56.7 Å². The van der Waals surface area contributed by atoms with Crippen molar-refractivity contribution in [3.8, 4) is 11.5 Å². The van der Waals surface area contributed by atoms with Gasteiger partial charge >= 0.3 is 6.03 Å². The van der Waals surface area contributed by atoms with E-state index in [1.807, 2.05) is 6.92 Å². The molecule has 0 aliphatic carbocycles. The first-order chi connectivity index (χ1) is 13.4. The number of hydrogen-bond acceptors (Lipinski definition) is 5. The highest BCUT2D eigenvalue weighted by molar-refractivity contribution is 7.89. The number of hydrogen-bond donors (Lipinski definition) is 3. The number of nitrogens with one attached hydrogen (secondary N) is 3. The number of carbonyl (C=O) groups excluding carboxylic acids is 1. The summed E-state index contributed by atoms with van der Waals surface area (Å²) < 4.78 is 37.2. The van der Waals surface area contributed by atoms with E-state index in [-0.39, 0.29) is 24.5 Å². The van der Waals surface area contributed by atoms with Crippen LogP contribution in [-0.2, 0) is 16.6 Å². The highest BCUT2D eigenvalue weighted by Crippen LogP contribution is 2.23. The van der Waals surface area contributed by atoms with E-state index in [9.17, 15) is 13.2 Å². The summed E-state index contributed by atoms with van der Waals surface area (Å²) in [6.07, 6.45) is 0. The van der Waals surface area contributed by atoms with E-state index in [0.29, 0.717) is 11.5 Å². The lowest BCUT2D eigenvalue weighted by molar-refractivity contribution is 0.240. The fourth-order valence-corrected chi connectivity index (χ4v) is 3.45. The van der Waals surface area contributed by atoms with E-state index < -0.39 is 16.1 Å². The molecule has 0 bridgehead atoms. The molecule has 0 saturated carbocycles. The molecule has 0 radical (unpaired) electrons. The Morgan fingerprint density at radius 3 is 2.32 bits per heavy atom. The zero-order valence-corrected chi connectivity index (χ0v) is 16.9. The smallest absolute Gasteiger partial charge is 0.315 e. The summed E-state index contributed by atoms with van der Waals surface area (Å²) in [6.45, 7) is 2.34. The molecule has 9 heteroatoms. The van der Waals surface area contributed by atoms with Gasteiger partial charge in [0, 0.05) is 25.2 Å². The minimum atomic E-state index is -3.60. The fourth-order valence-electron chi connectivity index (χ4n) is 2.42. The van der Waals surface area contributed by atoms with Crippen LogP contribution in [0.25, 0.3) is 0 Å².